The molecule has 1 atom stereocenters. The number of benzene rings is 1. The molecule has 8 rings (SSSR count). The van der Waals surface area contributed by atoms with Crippen molar-refractivity contribution in [3.8, 4) is 5.82 Å². The third kappa shape index (κ3) is 7.41. The van der Waals surface area contributed by atoms with Gasteiger partial charge in [0.1, 0.15) is 11.0 Å². The summed E-state index contributed by atoms with van der Waals surface area (Å²) >= 11 is 0. The van der Waals surface area contributed by atoms with Crippen molar-refractivity contribution in [2.75, 3.05) is 62.6 Å². The van der Waals surface area contributed by atoms with E-state index in [1.807, 2.05) is 26.0 Å². The first-order valence-corrected chi connectivity index (χ1v) is 20.3. The molecule has 0 amide bonds. The van der Waals surface area contributed by atoms with Gasteiger partial charge in [0.25, 0.3) is 5.56 Å². The molecule has 2 saturated heterocycles. The van der Waals surface area contributed by atoms with Crippen molar-refractivity contribution in [3.05, 3.63) is 76.9 Å². The van der Waals surface area contributed by atoms with Gasteiger partial charge in [0.15, 0.2) is 11.5 Å². The fraction of sp³-hybridized carbons (Fsp3) is 0.548. The van der Waals surface area contributed by atoms with Gasteiger partial charge in [-0.25, -0.2) is 19.3 Å². The number of hydrogen-bond acceptors (Lipinski definition) is 11. The number of fused-ring (bicyclic) bond motifs is 2. The van der Waals surface area contributed by atoms with Gasteiger partial charge in [-0.2, -0.15) is 4.98 Å². The zero-order valence-corrected chi connectivity index (χ0v) is 32.4. The maximum Gasteiger partial charge on any atom is 0.320 e. The average molecular weight is 750 g/mol. The number of hydrogen-bond donors (Lipinski definition) is 2. The number of esters is 1. The Morgan fingerprint density at radius 3 is 2.42 bits per heavy atom. The molecule has 4 aromatic rings. The number of aliphatic hydroxyl groups is 1. The highest BCUT2D eigenvalue weighted by Crippen LogP contribution is 2.46. The summed E-state index contributed by atoms with van der Waals surface area (Å²) in [4.78, 5) is 47.1. The van der Waals surface area contributed by atoms with Gasteiger partial charge >= 0.3 is 5.97 Å². The lowest BCUT2D eigenvalue weighted by molar-refractivity contribution is -0.145. The molecule has 2 aliphatic carbocycles. The quantitative estimate of drug-likeness (QED) is 0.156. The normalized spacial score (nSPS) is 21.9. The number of allylic oxidation sites excluding steroid dienone is 1. The van der Waals surface area contributed by atoms with Crippen LogP contribution in [0.15, 0.2) is 60.0 Å². The molecule has 2 aliphatic heterocycles. The highest BCUT2D eigenvalue weighted by atomic mass is 16.5. The lowest BCUT2D eigenvalue weighted by Gasteiger charge is -2.49. The molecule has 4 aliphatic rings. The Morgan fingerprint density at radius 2 is 1.73 bits per heavy atom. The minimum absolute atomic E-state index is 0.0979. The van der Waals surface area contributed by atoms with Crippen molar-refractivity contribution in [3.63, 3.8) is 0 Å². The van der Waals surface area contributed by atoms with Gasteiger partial charge < -0.3 is 20.1 Å². The zero-order chi connectivity index (χ0) is 38.2. The second-order valence-electron chi connectivity index (χ2n) is 16.0. The summed E-state index contributed by atoms with van der Waals surface area (Å²) in [7, 11) is 0. The molecule has 55 heavy (non-hydrogen) atoms. The summed E-state index contributed by atoms with van der Waals surface area (Å²) in [5.41, 5.74) is 3.44. The Bertz CT molecular complexity index is 2070. The van der Waals surface area contributed by atoms with E-state index < -0.39 is 5.60 Å². The molecule has 0 unspecified atom stereocenters. The van der Waals surface area contributed by atoms with Gasteiger partial charge in [-0.15, -0.1) is 6.58 Å². The molecule has 1 saturated carbocycles. The number of nitrogens with zero attached hydrogens (tertiary/aromatic N) is 8. The van der Waals surface area contributed by atoms with E-state index in [1.165, 1.54) is 44.2 Å². The van der Waals surface area contributed by atoms with Crippen LogP contribution in [0.3, 0.4) is 0 Å². The van der Waals surface area contributed by atoms with Crippen LogP contribution in [0.25, 0.3) is 16.9 Å². The van der Waals surface area contributed by atoms with E-state index in [2.05, 4.69) is 55.8 Å². The number of likely N-dealkylation sites (tertiary alicyclic amines) is 1. The summed E-state index contributed by atoms with van der Waals surface area (Å²) in [6.45, 7) is 15.0. The number of ether oxygens (including phenoxy) is 1. The topological polar surface area (TPSA) is 134 Å². The van der Waals surface area contributed by atoms with Crippen molar-refractivity contribution in [2.45, 2.75) is 89.8 Å². The maximum atomic E-state index is 13.5. The lowest BCUT2D eigenvalue weighted by atomic mass is 9.66. The minimum Gasteiger partial charge on any atom is -0.465 e. The van der Waals surface area contributed by atoms with Gasteiger partial charge in [0.2, 0.25) is 5.95 Å². The fourth-order valence-electron chi connectivity index (χ4n) is 9.50. The molecule has 1 spiro atoms. The van der Waals surface area contributed by atoms with Gasteiger partial charge in [-0.3, -0.25) is 19.4 Å². The number of nitrogens with one attached hydrogen (secondary N) is 1. The number of rotatable bonds is 11. The lowest BCUT2D eigenvalue weighted by Crippen LogP contribution is -2.52. The van der Waals surface area contributed by atoms with Crippen molar-refractivity contribution in [1.82, 2.24) is 34.1 Å². The Kier molecular flexibility index (Phi) is 10.5. The van der Waals surface area contributed by atoms with E-state index in [0.717, 1.165) is 56.9 Å². The molecule has 0 bridgehead atoms. The third-order valence-electron chi connectivity index (χ3n) is 12.9. The summed E-state index contributed by atoms with van der Waals surface area (Å²) in [5.74, 6) is 0.799. The highest BCUT2D eigenvalue weighted by Gasteiger charge is 2.40. The van der Waals surface area contributed by atoms with Crippen LogP contribution in [0, 0.1) is 5.41 Å². The first kappa shape index (κ1) is 37.3. The van der Waals surface area contributed by atoms with Gasteiger partial charge in [-0.1, -0.05) is 19.1 Å². The summed E-state index contributed by atoms with van der Waals surface area (Å²) in [6.07, 6.45) is 12.7. The number of piperidine rings is 1. The number of aromatic nitrogens is 5. The Hall–Kier alpha value is -4.59. The molecular formula is C42H55N9O4. The van der Waals surface area contributed by atoms with Crippen LogP contribution in [0.2, 0.25) is 0 Å². The van der Waals surface area contributed by atoms with Crippen LogP contribution < -0.4 is 15.8 Å². The molecule has 2 N–H and O–H groups in total. The summed E-state index contributed by atoms with van der Waals surface area (Å²) < 4.78 is 8.44. The molecular weight excluding hydrogens is 695 g/mol. The SMILES string of the molecule is C=CCn1c(=O)c2cnc(Nc3ccc(N4CCN(C5CCC6(CC5)CCN(CC(=O)OCC)CC6)CC4)cc3)nc2n1-c1ccc2c(n1)[C@@](O)(CC)CC2. The molecule has 292 valence electrons. The minimum atomic E-state index is -0.980. The van der Waals surface area contributed by atoms with Crippen LogP contribution >= 0.6 is 0 Å². The molecule has 0 radical (unpaired) electrons. The molecule has 13 heteroatoms. The number of carbonyl (C=O) groups is 1. The fourth-order valence-corrected chi connectivity index (χ4v) is 9.50. The zero-order valence-electron chi connectivity index (χ0n) is 32.4. The van der Waals surface area contributed by atoms with Crippen molar-refractivity contribution < 1.29 is 14.6 Å². The third-order valence-corrected chi connectivity index (χ3v) is 12.9. The van der Waals surface area contributed by atoms with Crippen LogP contribution in [0.4, 0.5) is 17.3 Å². The van der Waals surface area contributed by atoms with Crippen molar-refractivity contribution >= 4 is 34.3 Å². The van der Waals surface area contributed by atoms with Gasteiger partial charge in [0, 0.05) is 49.8 Å². The first-order valence-electron chi connectivity index (χ1n) is 20.3. The van der Waals surface area contributed by atoms with Crippen LogP contribution in [-0.4, -0.2) is 104 Å². The molecule has 13 nitrogen and oxygen atoms in total. The number of piperazine rings is 1. The Labute approximate surface area is 323 Å². The maximum absolute atomic E-state index is 13.5. The predicted molar refractivity (Wildman–Crippen MR) is 214 cm³/mol. The highest BCUT2D eigenvalue weighted by molar-refractivity contribution is 5.77. The molecule has 1 aromatic carbocycles. The van der Waals surface area contributed by atoms with E-state index in [0.29, 0.717) is 65.9 Å². The van der Waals surface area contributed by atoms with Crippen LogP contribution in [0.5, 0.6) is 0 Å². The van der Waals surface area contributed by atoms with E-state index in [1.54, 1.807) is 21.6 Å². The number of aryl methyl sites for hydroxylation is 1. The van der Waals surface area contributed by atoms with Crippen molar-refractivity contribution in [1.29, 1.82) is 0 Å². The number of pyridine rings is 1. The largest absolute Gasteiger partial charge is 0.465 e. The number of carbonyl (C=O) groups excluding carboxylic acids is 1. The second-order valence-corrected chi connectivity index (χ2v) is 16.0. The van der Waals surface area contributed by atoms with Crippen LogP contribution in [0.1, 0.15) is 76.5 Å². The number of anilines is 3. The molecule has 3 fully saturated rings. The Morgan fingerprint density at radius 1 is 0.982 bits per heavy atom. The summed E-state index contributed by atoms with van der Waals surface area (Å²) in [6, 6.07) is 12.9. The molecule has 5 heterocycles. The Balaban J connectivity index is 0.887. The average Bonchev–Trinajstić information content (AvgIpc) is 3.69. The van der Waals surface area contributed by atoms with E-state index in [9.17, 15) is 14.7 Å². The smallest absolute Gasteiger partial charge is 0.320 e. The van der Waals surface area contributed by atoms with Gasteiger partial charge in [0.05, 0.1) is 25.4 Å². The van der Waals surface area contributed by atoms with Gasteiger partial charge in [-0.05, 0) is 119 Å². The first-order chi connectivity index (χ1) is 26.7. The standard InChI is InChI=1S/C42H55N9O4/c1-4-21-50-39(53)34-28-43-40(46-38(34)51(50)35-12-7-30-13-18-42(54,5-2)37(30)45-35)44-31-8-10-32(11-9-31)48-24-26-49(27-25-48)33-14-16-41(17-15-33)19-22-47(23-20-41)29-36(52)55-6-3/h4,7-12,28,33,54H,1,5-6,13-27,29H2,2-3H3,(H,43,44,46)/t42-/m1/s1. The second kappa shape index (κ2) is 15.5. The monoisotopic (exact) mass is 749 g/mol. The van der Waals surface area contributed by atoms with E-state index in [4.69, 9.17) is 14.7 Å². The van der Waals surface area contributed by atoms with E-state index >= 15 is 0 Å². The summed E-state index contributed by atoms with van der Waals surface area (Å²) in [5, 5.41) is 15.0. The van der Waals surface area contributed by atoms with E-state index in [-0.39, 0.29) is 18.1 Å². The predicted octanol–water partition coefficient (Wildman–Crippen LogP) is 5.16. The van der Waals surface area contributed by atoms with Crippen LogP contribution in [-0.2, 0) is 28.1 Å². The molecule has 3 aromatic heterocycles. The van der Waals surface area contributed by atoms with Crippen molar-refractivity contribution in [2.24, 2.45) is 5.41 Å².